The molecular weight excluding hydrogens is 256 g/mol. The van der Waals surface area contributed by atoms with Crippen molar-refractivity contribution in [3.63, 3.8) is 0 Å². The third kappa shape index (κ3) is 2.81. The maximum Gasteiger partial charge on any atom is 0.0572 e. The summed E-state index contributed by atoms with van der Waals surface area (Å²) in [5.74, 6) is 0. The van der Waals surface area contributed by atoms with E-state index in [1.807, 2.05) is 54.6 Å². The van der Waals surface area contributed by atoms with Crippen molar-refractivity contribution in [1.29, 1.82) is 0 Å². The van der Waals surface area contributed by atoms with Crippen LogP contribution in [-0.4, -0.2) is 0 Å². The highest BCUT2D eigenvalue weighted by atomic mass is 14.7. The Morgan fingerprint density at radius 1 is 0.667 bits per heavy atom. The van der Waals surface area contributed by atoms with E-state index < -0.39 is 0 Å². The molecule has 0 amide bonds. The Bertz CT molecular complexity index is 735. The van der Waals surface area contributed by atoms with Crippen LogP contribution in [0.3, 0.4) is 0 Å². The van der Waals surface area contributed by atoms with Gasteiger partial charge in [0.05, 0.1) is 6.04 Å². The van der Waals surface area contributed by atoms with Crippen LogP contribution in [0.15, 0.2) is 78.9 Å². The molecule has 0 bridgehead atoms. The molecule has 0 aliphatic heterocycles. The molecule has 2 heteroatoms. The van der Waals surface area contributed by atoms with Crippen molar-refractivity contribution in [2.75, 3.05) is 5.73 Å². The second-order valence-corrected chi connectivity index (χ2v) is 5.10. The van der Waals surface area contributed by atoms with Crippen LogP contribution in [0.4, 0.5) is 5.69 Å². The van der Waals surface area contributed by atoms with Crippen molar-refractivity contribution in [2.45, 2.75) is 6.04 Å². The van der Waals surface area contributed by atoms with Crippen LogP contribution in [0.25, 0.3) is 11.1 Å². The zero-order chi connectivity index (χ0) is 14.7. The highest BCUT2D eigenvalue weighted by molar-refractivity contribution is 5.65. The second kappa shape index (κ2) is 5.81. The van der Waals surface area contributed by atoms with E-state index in [4.69, 9.17) is 11.5 Å². The summed E-state index contributed by atoms with van der Waals surface area (Å²) in [4.78, 5) is 0. The molecule has 0 heterocycles. The van der Waals surface area contributed by atoms with Crippen molar-refractivity contribution in [3.05, 3.63) is 90.0 Å². The molecule has 2 nitrogen and oxygen atoms in total. The maximum atomic E-state index is 6.38. The van der Waals surface area contributed by atoms with Crippen LogP contribution in [0, 0.1) is 0 Å². The van der Waals surface area contributed by atoms with E-state index in [1.54, 1.807) is 0 Å². The van der Waals surface area contributed by atoms with Crippen molar-refractivity contribution < 1.29 is 0 Å². The summed E-state index contributed by atoms with van der Waals surface area (Å²) in [6.07, 6.45) is 0. The molecule has 0 aliphatic carbocycles. The van der Waals surface area contributed by atoms with Crippen molar-refractivity contribution in [1.82, 2.24) is 0 Å². The standard InChI is InChI=1S/C19H18N2/c20-18-12-5-4-11-17(18)19(21)16-10-6-9-15(13-16)14-7-2-1-3-8-14/h1-13,19H,20-21H2. The Labute approximate surface area is 125 Å². The molecule has 0 saturated heterocycles. The van der Waals surface area contributed by atoms with Gasteiger partial charge in [0.1, 0.15) is 0 Å². The smallest absolute Gasteiger partial charge is 0.0572 e. The lowest BCUT2D eigenvalue weighted by atomic mass is 9.95. The molecule has 0 aliphatic rings. The molecular formula is C19H18N2. The second-order valence-electron chi connectivity index (χ2n) is 5.10. The number of benzene rings is 3. The molecule has 21 heavy (non-hydrogen) atoms. The molecule has 1 unspecified atom stereocenters. The average Bonchev–Trinajstić information content (AvgIpc) is 2.56. The highest BCUT2D eigenvalue weighted by Gasteiger charge is 2.12. The Balaban J connectivity index is 1.99. The van der Waals surface area contributed by atoms with E-state index in [0.29, 0.717) is 0 Å². The Morgan fingerprint density at radius 3 is 2.10 bits per heavy atom. The Kier molecular flexibility index (Phi) is 3.71. The lowest BCUT2D eigenvalue weighted by molar-refractivity contribution is 0.875. The summed E-state index contributed by atoms with van der Waals surface area (Å²) in [6.45, 7) is 0. The quantitative estimate of drug-likeness (QED) is 0.710. The largest absolute Gasteiger partial charge is 0.398 e. The first-order valence-electron chi connectivity index (χ1n) is 7.01. The lowest BCUT2D eigenvalue weighted by Crippen LogP contribution is -2.13. The van der Waals surface area contributed by atoms with E-state index in [-0.39, 0.29) is 6.04 Å². The van der Waals surface area contributed by atoms with Gasteiger partial charge in [-0.15, -0.1) is 0 Å². The molecule has 4 N–H and O–H groups in total. The number of hydrogen-bond acceptors (Lipinski definition) is 2. The monoisotopic (exact) mass is 274 g/mol. The summed E-state index contributed by atoms with van der Waals surface area (Å²) in [7, 11) is 0. The Morgan fingerprint density at radius 2 is 1.33 bits per heavy atom. The molecule has 0 aromatic heterocycles. The fourth-order valence-corrected chi connectivity index (χ4v) is 2.52. The number of para-hydroxylation sites is 1. The lowest BCUT2D eigenvalue weighted by Gasteiger charge is -2.16. The van der Waals surface area contributed by atoms with Crippen molar-refractivity contribution in [3.8, 4) is 11.1 Å². The van der Waals surface area contributed by atoms with Gasteiger partial charge in [0.2, 0.25) is 0 Å². The van der Waals surface area contributed by atoms with E-state index in [9.17, 15) is 0 Å². The molecule has 3 aromatic carbocycles. The van der Waals surface area contributed by atoms with Crippen molar-refractivity contribution in [2.24, 2.45) is 5.73 Å². The third-order valence-electron chi connectivity index (χ3n) is 3.68. The number of anilines is 1. The summed E-state index contributed by atoms with van der Waals surface area (Å²) in [5.41, 5.74) is 17.5. The SMILES string of the molecule is Nc1ccccc1C(N)c1cccc(-c2ccccc2)c1. The van der Waals surface area contributed by atoms with Crippen LogP contribution < -0.4 is 11.5 Å². The van der Waals surface area contributed by atoms with Gasteiger partial charge < -0.3 is 11.5 Å². The van der Waals surface area contributed by atoms with Crippen LogP contribution in [0.1, 0.15) is 17.2 Å². The first-order chi connectivity index (χ1) is 10.3. The molecule has 0 radical (unpaired) electrons. The summed E-state index contributed by atoms with van der Waals surface area (Å²) < 4.78 is 0. The molecule has 104 valence electrons. The van der Waals surface area contributed by atoms with E-state index in [0.717, 1.165) is 22.4 Å². The molecule has 1 atom stereocenters. The van der Waals surface area contributed by atoms with Crippen molar-refractivity contribution >= 4 is 5.69 Å². The summed E-state index contributed by atoms with van der Waals surface area (Å²) in [6, 6.07) is 26.1. The van der Waals surface area contributed by atoms with Crippen LogP contribution >= 0.6 is 0 Å². The topological polar surface area (TPSA) is 52.0 Å². The van der Waals surface area contributed by atoms with Gasteiger partial charge in [0, 0.05) is 5.69 Å². The van der Waals surface area contributed by atoms with Crippen LogP contribution in [0.5, 0.6) is 0 Å². The fourth-order valence-electron chi connectivity index (χ4n) is 2.52. The van der Waals surface area contributed by atoms with Gasteiger partial charge in [-0.25, -0.2) is 0 Å². The van der Waals surface area contributed by atoms with Crippen LogP contribution in [0.2, 0.25) is 0 Å². The number of hydrogen-bond donors (Lipinski definition) is 2. The fraction of sp³-hybridized carbons (Fsp3) is 0.0526. The third-order valence-corrected chi connectivity index (χ3v) is 3.68. The molecule has 0 spiro atoms. The van der Waals surface area contributed by atoms with Gasteiger partial charge in [-0.3, -0.25) is 0 Å². The first kappa shape index (κ1) is 13.4. The zero-order valence-electron chi connectivity index (χ0n) is 11.7. The molecule has 3 rings (SSSR count). The molecule has 3 aromatic rings. The summed E-state index contributed by atoms with van der Waals surface area (Å²) >= 11 is 0. The normalized spacial score (nSPS) is 12.0. The van der Waals surface area contributed by atoms with Gasteiger partial charge in [0.25, 0.3) is 0 Å². The number of rotatable bonds is 3. The minimum absolute atomic E-state index is 0.213. The first-order valence-corrected chi connectivity index (χ1v) is 7.01. The van der Waals surface area contributed by atoms with E-state index in [2.05, 4.69) is 24.3 Å². The number of nitrogens with two attached hydrogens (primary N) is 2. The van der Waals surface area contributed by atoms with Crippen LogP contribution in [-0.2, 0) is 0 Å². The zero-order valence-corrected chi connectivity index (χ0v) is 11.7. The Hall–Kier alpha value is -2.58. The minimum atomic E-state index is -0.213. The van der Waals surface area contributed by atoms with Gasteiger partial charge >= 0.3 is 0 Å². The minimum Gasteiger partial charge on any atom is -0.398 e. The average molecular weight is 274 g/mol. The highest BCUT2D eigenvalue weighted by Crippen LogP contribution is 2.27. The van der Waals surface area contributed by atoms with E-state index >= 15 is 0 Å². The van der Waals surface area contributed by atoms with Gasteiger partial charge in [-0.05, 0) is 34.4 Å². The van der Waals surface area contributed by atoms with Gasteiger partial charge in [0.15, 0.2) is 0 Å². The predicted octanol–water partition coefficient (Wildman–Crippen LogP) is 3.98. The predicted molar refractivity (Wildman–Crippen MR) is 88.8 cm³/mol. The number of nitrogen functional groups attached to an aromatic ring is 1. The maximum absolute atomic E-state index is 6.38. The van der Waals surface area contributed by atoms with E-state index in [1.165, 1.54) is 5.56 Å². The molecule has 0 fully saturated rings. The summed E-state index contributed by atoms with van der Waals surface area (Å²) in [5, 5.41) is 0. The van der Waals surface area contributed by atoms with Gasteiger partial charge in [-0.2, -0.15) is 0 Å². The van der Waals surface area contributed by atoms with Gasteiger partial charge in [-0.1, -0.05) is 66.7 Å². The molecule has 0 saturated carbocycles.